The molecular formula is C18H17F4N3OS. The van der Waals surface area contributed by atoms with Crippen LogP contribution in [0.15, 0.2) is 6.07 Å². The van der Waals surface area contributed by atoms with Crippen molar-refractivity contribution in [2.75, 3.05) is 13.1 Å². The van der Waals surface area contributed by atoms with Gasteiger partial charge >= 0.3 is 0 Å². The van der Waals surface area contributed by atoms with Gasteiger partial charge in [-0.05, 0) is 31.5 Å². The zero-order valence-electron chi connectivity index (χ0n) is 14.3. The Balaban J connectivity index is 1.63. The lowest BCUT2D eigenvalue weighted by Crippen LogP contribution is -2.29. The third-order valence-electron chi connectivity index (χ3n) is 5.36. The number of benzene rings is 1. The number of hydrogen-bond acceptors (Lipinski definition) is 2. The molecule has 0 spiro atoms. The second-order valence-corrected chi connectivity index (χ2v) is 7.40. The number of H-pyrrole nitrogens is 1. The first kappa shape index (κ1) is 18.2. The van der Waals surface area contributed by atoms with Crippen molar-refractivity contribution in [2.45, 2.75) is 38.1 Å². The van der Waals surface area contributed by atoms with Gasteiger partial charge in [-0.3, -0.25) is 4.79 Å². The number of aromatic amines is 1. The molecule has 1 N–H and O–H groups in total. The fourth-order valence-electron chi connectivity index (χ4n) is 4.02. The molecule has 2 aliphatic rings. The highest BCUT2D eigenvalue weighted by molar-refractivity contribution is 7.71. The van der Waals surface area contributed by atoms with Crippen molar-refractivity contribution in [1.29, 1.82) is 0 Å². The minimum Gasteiger partial charge on any atom is -0.342 e. The molecule has 0 saturated carbocycles. The van der Waals surface area contributed by atoms with Gasteiger partial charge in [0.25, 0.3) is 0 Å². The fraction of sp³-hybridized carbons (Fsp3) is 0.444. The standard InChI is InChI=1S/C18H17F4N3OS/c19-10-6-11(20)17(22)15(16(10)21)9-5-13-12(23-18(27)25(13)8-9)7-14(26)24-3-1-2-4-24/h6,9H,1-5,7-8H2,(H,23,27)/t9-/m1/s1. The Morgan fingerprint density at radius 3 is 2.41 bits per heavy atom. The van der Waals surface area contributed by atoms with Gasteiger partial charge in [-0.2, -0.15) is 0 Å². The number of likely N-dealkylation sites (tertiary alicyclic amines) is 1. The summed E-state index contributed by atoms with van der Waals surface area (Å²) in [5.41, 5.74) is 0.639. The minimum atomic E-state index is -1.42. The molecule has 1 amide bonds. The Morgan fingerprint density at radius 2 is 1.78 bits per heavy atom. The van der Waals surface area contributed by atoms with E-state index in [1.807, 2.05) is 0 Å². The lowest BCUT2D eigenvalue weighted by Gasteiger charge is -2.15. The Labute approximate surface area is 157 Å². The fourth-order valence-corrected chi connectivity index (χ4v) is 4.33. The third kappa shape index (κ3) is 3.07. The van der Waals surface area contributed by atoms with Gasteiger partial charge in [-0.25, -0.2) is 17.6 Å². The average Bonchev–Trinajstić information content (AvgIpc) is 3.33. The number of rotatable bonds is 3. The van der Waals surface area contributed by atoms with Crippen molar-refractivity contribution < 1.29 is 22.4 Å². The number of hydrogen-bond donors (Lipinski definition) is 1. The number of halogens is 4. The maximum Gasteiger partial charge on any atom is 0.228 e. The van der Waals surface area contributed by atoms with Crippen LogP contribution in [-0.4, -0.2) is 33.4 Å². The second-order valence-electron chi connectivity index (χ2n) is 7.01. The molecule has 1 saturated heterocycles. The first-order valence-corrected chi connectivity index (χ1v) is 9.19. The van der Waals surface area contributed by atoms with Crippen molar-refractivity contribution in [3.8, 4) is 0 Å². The van der Waals surface area contributed by atoms with Crippen LogP contribution < -0.4 is 0 Å². The summed E-state index contributed by atoms with van der Waals surface area (Å²) < 4.78 is 57.4. The van der Waals surface area contributed by atoms with E-state index in [1.165, 1.54) is 0 Å². The van der Waals surface area contributed by atoms with Crippen molar-refractivity contribution >= 4 is 18.1 Å². The molecule has 4 rings (SSSR count). The van der Waals surface area contributed by atoms with E-state index in [2.05, 4.69) is 4.98 Å². The molecule has 144 valence electrons. The first-order chi connectivity index (χ1) is 12.9. The minimum absolute atomic E-state index is 0.0373. The number of nitrogens with zero attached hydrogens (tertiary/aromatic N) is 2. The van der Waals surface area contributed by atoms with E-state index in [0.717, 1.165) is 25.9 Å². The van der Waals surface area contributed by atoms with Gasteiger partial charge in [0.1, 0.15) is 0 Å². The quantitative estimate of drug-likeness (QED) is 0.487. The van der Waals surface area contributed by atoms with E-state index in [1.54, 1.807) is 9.47 Å². The molecule has 1 aromatic heterocycles. The van der Waals surface area contributed by atoms with E-state index in [-0.39, 0.29) is 31.4 Å². The zero-order chi connectivity index (χ0) is 19.3. The number of fused-ring (bicyclic) bond motifs is 1. The number of nitrogens with one attached hydrogen (secondary N) is 1. The summed E-state index contributed by atoms with van der Waals surface area (Å²) in [5.74, 6) is -6.43. The van der Waals surface area contributed by atoms with Gasteiger partial charge in [0.2, 0.25) is 5.91 Å². The summed E-state index contributed by atoms with van der Waals surface area (Å²) in [6, 6.07) is 0.204. The lowest BCUT2D eigenvalue weighted by molar-refractivity contribution is -0.129. The molecule has 1 atom stereocenters. The van der Waals surface area contributed by atoms with Crippen LogP contribution in [0.2, 0.25) is 0 Å². The molecule has 0 radical (unpaired) electrons. The zero-order valence-corrected chi connectivity index (χ0v) is 15.1. The van der Waals surface area contributed by atoms with Crippen LogP contribution in [0.4, 0.5) is 17.6 Å². The normalized spacial score (nSPS) is 19.0. The Bertz CT molecular complexity index is 952. The van der Waals surface area contributed by atoms with Gasteiger partial charge in [0.15, 0.2) is 28.0 Å². The summed E-state index contributed by atoms with van der Waals surface area (Å²) in [5, 5.41) is 0. The Hall–Kier alpha value is -2.16. The molecule has 1 fully saturated rings. The average molecular weight is 399 g/mol. The molecule has 3 heterocycles. The molecule has 2 aromatic rings. The van der Waals surface area contributed by atoms with Crippen molar-refractivity contribution in [2.24, 2.45) is 0 Å². The highest BCUT2D eigenvalue weighted by atomic mass is 32.1. The van der Waals surface area contributed by atoms with Crippen LogP contribution in [0.5, 0.6) is 0 Å². The Kier molecular flexibility index (Phi) is 4.57. The number of amides is 1. The largest absolute Gasteiger partial charge is 0.342 e. The molecule has 9 heteroatoms. The maximum atomic E-state index is 14.2. The van der Waals surface area contributed by atoms with Gasteiger partial charge < -0.3 is 14.5 Å². The topological polar surface area (TPSA) is 41.0 Å². The Morgan fingerprint density at radius 1 is 1.15 bits per heavy atom. The van der Waals surface area contributed by atoms with Gasteiger partial charge in [-0.15, -0.1) is 0 Å². The summed E-state index contributed by atoms with van der Waals surface area (Å²) in [4.78, 5) is 17.2. The van der Waals surface area contributed by atoms with E-state index < -0.39 is 34.8 Å². The van der Waals surface area contributed by atoms with Crippen LogP contribution in [0, 0.1) is 28.0 Å². The van der Waals surface area contributed by atoms with E-state index in [0.29, 0.717) is 16.2 Å². The highest BCUT2D eigenvalue weighted by Gasteiger charge is 2.34. The molecule has 0 bridgehead atoms. The molecular weight excluding hydrogens is 382 g/mol. The summed E-state index contributed by atoms with van der Waals surface area (Å²) in [7, 11) is 0. The van der Waals surface area contributed by atoms with Crippen LogP contribution in [0.25, 0.3) is 0 Å². The molecule has 2 aliphatic heterocycles. The van der Waals surface area contributed by atoms with Gasteiger partial charge in [0.05, 0.1) is 6.42 Å². The summed E-state index contributed by atoms with van der Waals surface area (Å²) in [6.45, 7) is 1.54. The van der Waals surface area contributed by atoms with Gasteiger partial charge in [-0.1, -0.05) is 0 Å². The lowest BCUT2D eigenvalue weighted by atomic mass is 9.94. The van der Waals surface area contributed by atoms with Crippen molar-refractivity contribution in [3.63, 3.8) is 0 Å². The van der Waals surface area contributed by atoms with Crippen LogP contribution in [-0.2, 0) is 24.2 Å². The second kappa shape index (κ2) is 6.78. The predicted octanol–water partition coefficient (Wildman–Crippen LogP) is 3.61. The third-order valence-corrected chi connectivity index (χ3v) is 5.68. The van der Waals surface area contributed by atoms with Crippen molar-refractivity contribution in [3.05, 3.63) is 51.1 Å². The predicted molar refractivity (Wildman–Crippen MR) is 91.9 cm³/mol. The summed E-state index contributed by atoms with van der Waals surface area (Å²) in [6.07, 6.45) is 2.20. The number of carbonyl (C=O) groups excluding carboxylic acids is 1. The summed E-state index contributed by atoms with van der Waals surface area (Å²) >= 11 is 5.25. The van der Waals surface area contributed by atoms with Gasteiger partial charge in [0, 0.05) is 48.6 Å². The van der Waals surface area contributed by atoms with Crippen LogP contribution >= 0.6 is 12.2 Å². The van der Waals surface area contributed by atoms with Crippen LogP contribution in [0.3, 0.4) is 0 Å². The van der Waals surface area contributed by atoms with Crippen LogP contribution in [0.1, 0.15) is 35.7 Å². The molecule has 1 aromatic carbocycles. The van der Waals surface area contributed by atoms with E-state index >= 15 is 0 Å². The van der Waals surface area contributed by atoms with E-state index in [4.69, 9.17) is 12.2 Å². The molecule has 27 heavy (non-hydrogen) atoms. The van der Waals surface area contributed by atoms with Crippen molar-refractivity contribution in [1.82, 2.24) is 14.5 Å². The smallest absolute Gasteiger partial charge is 0.228 e. The molecule has 4 nitrogen and oxygen atoms in total. The molecule has 0 aliphatic carbocycles. The maximum absolute atomic E-state index is 14.2. The van der Waals surface area contributed by atoms with E-state index in [9.17, 15) is 22.4 Å². The monoisotopic (exact) mass is 399 g/mol. The number of carbonyl (C=O) groups is 1. The number of imidazole rings is 1. The first-order valence-electron chi connectivity index (χ1n) is 8.78. The highest BCUT2D eigenvalue weighted by Crippen LogP contribution is 2.36. The molecule has 0 unspecified atom stereocenters. The number of aromatic nitrogens is 2. The SMILES string of the molecule is O=C(Cc1[nH]c(=S)n2c1C[C@@H](c1c(F)c(F)cc(F)c1F)C2)N1CCCC1.